The molecule has 8 heteroatoms. The van der Waals surface area contributed by atoms with Crippen LogP contribution in [0.25, 0.3) is 0 Å². The molecular weight excluding hydrogens is 304 g/mol. The van der Waals surface area contributed by atoms with Crippen molar-refractivity contribution in [2.75, 3.05) is 18.8 Å². The minimum atomic E-state index is -3.51. The molecule has 22 heavy (non-hydrogen) atoms. The minimum Gasteiger partial charge on any atom is -0.350 e. The van der Waals surface area contributed by atoms with Crippen molar-refractivity contribution in [2.45, 2.75) is 32.2 Å². The number of hydrogen-bond acceptors (Lipinski definition) is 5. The molecule has 0 aliphatic carbocycles. The maximum absolute atomic E-state index is 12.4. The van der Waals surface area contributed by atoms with E-state index in [4.69, 9.17) is 5.73 Å². The van der Waals surface area contributed by atoms with Crippen LogP contribution in [-0.4, -0.2) is 49.4 Å². The van der Waals surface area contributed by atoms with Crippen LogP contribution in [0, 0.1) is 0 Å². The van der Waals surface area contributed by atoms with Crippen LogP contribution in [0.4, 0.5) is 0 Å². The van der Waals surface area contributed by atoms with Crippen molar-refractivity contribution in [1.29, 1.82) is 0 Å². The highest BCUT2D eigenvalue weighted by atomic mass is 32.2. The lowest BCUT2D eigenvalue weighted by Gasteiger charge is -2.30. The van der Waals surface area contributed by atoms with Gasteiger partial charge in [-0.3, -0.25) is 4.79 Å². The van der Waals surface area contributed by atoms with Gasteiger partial charge in [0.05, 0.1) is 11.3 Å². The number of carbonyl (C=O) groups is 1. The molecule has 2 aliphatic heterocycles. The molecule has 0 aromatic heterocycles. The second-order valence-electron chi connectivity index (χ2n) is 5.57. The normalized spacial score (nSPS) is 20.0. The number of amides is 1. The van der Waals surface area contributed by atoms with Gasteiger partial charge in [-0.15, -0.1) is 4.40 Å². The van der Waals surface area contributed by atoms with Crippen LogP contribution in [0.3, 0.4) is 0 Å². The fourth-order valence-corrected chi connectivity index (χ4v) is 3.23. The average Bonchev–Trinajstić information content (AvgIpc) is 2.51. The molecule has 122 valence electrons. The summed E-state index contributed by atoms with van der Waals surface area (Å²) in [4.78, 5) is 14.0. The Hall–Kier alpha value is -1.67. The monoisotopic (exact) mass is 326 g/mol. The van der Waals surface area contributed by atoms with E-state index in [2.05, 4.69) is 9.71 Å². The lowest BCUT2D eigenvalue weighted by molar-refractivity contribution is -0.117. The molecule has 0 saturated heterocycles. The second kappa shape index (κ2) is 6.21. The van der Waals surface area contributed by atoms with Gasteiger partial charge < -0.3 is 16.0 Å². The molecule has 0 saturated carbocycles. The molecule has 2 aliphatic rings. The highest BCUT2D eigenvalue weighted by Crippen LogP contribution is 2.18. The van der Waals surface area contributed by atoms with Crippen LogP contribution in [0.1, 0.15) is 26.7 Å². The third-order valence-electron chi connectivity index (χ3n) is 4.11. The maximum atomic E-state index is 12.4. The minimum absolute atomic E-state index is 0.0483. The highest BCUT2D eigenvalue weighted by Gasteiger charge is 2.30. The number of nitrogens with one attached hydrogen (secondary N) is 1. The van der Waals surface area contributed by atoms with Gasteiger partial charge in [-0.1, -0.05) is 13.8 Å². The molecular formula is C14H22N4O3S. The summed E-state index contributed by atoms with van der Waals surface area (Å²) < 4.78 is 27.1. The van der Waals surface area contributed by atoms with E-state index >= 15 is 0 Å². The molecule has 0 spiro atoms. The summed E-state index contributed by atoms with van der Waals surface area (Å²) in [5.41, 5.74) is 5.96. The van der Waals surface area contributed by atoms with Crippen molar-refractivity contribution in [1.82, 2.24) is 10.2 Å². The van der Waals surface area contributed by atoms with E-state index in [0.717, 1.165) is 12.8 Å². The van der Waals surface area contributed by atoms with Crippen LogP contribution in [-0.2, 0) is 14.8 Å². The Labute approximate surface area is 131 Å². The average molecular weight is 326 g/mol. The van der Waals surface area contributed by atoms with Crippen LogP contribution in [0.2, 0.25) is 0 Å². The summed E-state index contributed by atoms with van der Waals surface area (Å²) in [7, 11) is -3.51. The third-order valence-corrected chi connectivity index (χ3v) is 5.26. The van der Waals surface area contributed by atoms with Gasteiger partial charge in [0, 0.05) is 24.8 Å². The second-order valence-corrected chi connectivity index (χ2v) is 7.32. The third kappa shape index (κ3) is 3.56. The number of allylic oxidation sites excluding steroid dienone is 2. The molecule has 0 aromatic rings. The molecule has 0 radical (unpaired) electrons. The van der Waals surface area contributed by atoms with E-state index in [9.17, 15) is 13.2 Å². The summed E-state index contributed by atoms with van der Waals surface area (Å²) in [6.07, 6.45) is 6.48. The first-order valence-electron chi connectivity index (χ1n) is 7.35. The molecule has 0 unspecified atom stereocenters. The first-order valence-corrected chi connectivity index (χ1v) is 8.96. The topological polar surface area (TPSA) is 105 Å². The fraction of sp³-hybridized carbons (Fsp3) is 0.571. The number of amidine groups is 1. The van der Waals surface area contributed by atoms with Crippen molar-refractivity contribution >= 4 is 21.8 Å². The molecule has 0 bridgehead atoms. The molecule has 0 fully saturated rings. The molecule has 2 rings (SSSR count). The summed E-state index contributed by atoms with van der Waals surface area (Å²) in [6, 6.07) is 0. The molecule has 3 N–H and O–H groups in total. The molecule has 2 heterocycles. The standard InChI is InChI=1S/C14H22N4O3S/c1-3-14(15,4-2)10-16-13(19)11-6-5-7-18-8-9-22(20,21)17-12(11)18/h5-7H,3-4,8-10,15H2,1-2H3,(H,16,19). The van der Waals surface area contributed by atoms with Crippen molar-refractivity contribution in [3.63, 3.8) is 0 Å². The Morgan fingerprint density at radius 1 is 1.45 bits per heavy atom. The molecule has 7 nitrogen and oxygen atoms in total. The van der Waals surface area contributed by atoms with Gasteiger partial charge in [0.15, 0.2) is 5.84 Å². The van der Waals surface area contributed by atoms with Gasteiger partial charge in [0.2, 0.25) is 0 Å². The van der Waals surface area contributed by atoms with Crippen LogP contribution in [0.5, 0.6) is 0 Å². The maximum Gasteiger partial charge on any atom is 0.256 e. The van der Waals surface area contributed by atoms with Gasteiger partial charge in [0.1, 0.15) is 0 Å². The SMILES string of the molecule is CCC(N)(CC)CNC(=O)C1=CC=CN2CCS(=O)(=O)N=C12. The number of nitrogens with zero attached hydrogens (tertiary/aromatic N) is 2. The molecule has 1 amide bonds. The zero-order valence-corrected chi connectivity index (χ0v) is 13.7. The molecule has 0 aromatic carbocycles. The van der Waals surface area contributed by atoms with E-state index in [0.29, 0.717) is 13.1 Å². The number of sulfonamides is 1. The number of rotatable bonds is 5. The van der Waals surface area contributed by atoms with Gasteiger partial charge >= 0.3 is 0 Å². The smallest absolute Gasteiger partial charge is 0.256 e. The number of nitrogens with two attached hydrogens (primary N) is 1. The van der Waals surface area contributed by atoms with E-state index in [-0.39, 0.29) is 23.1 Å². The summed E-state index contributed by atoms with van der Waals surface area (Å²) in [5, 5.41) is 2.79. The van der Waals surface area contributed by atoms with E-state index in [1.54, 1.807) is 23.3 Å². The predicted octanol–water partition coefficient (Wildman–Crippen LogP) is 0.118. The predicted molar refractivity (Wildman–Crippen MR) is 85.7 cm³/mol. The summed E-state index contributed by atoms with van der Waals surface area (Å²) in [5.74, 6) is -0.225. The zero-order chi connectivity index (χ0) is 16.4. The van der Waals surface area contributed by atoms with Crippen molar-refractivity contribution in [3.8, 4) is 0 Å². The zero-order valence-electron chi connectivity index (χ0n) is 12.9. The molecule has 0 atom stereocenters. The van der Waals surface area contributed by atoms with Crippen molar-refractivity contribution < 1.29 is 13.2 Å². The van der Waals surface area contributed by atoms with Crippen molar-refractivity contribution in [2.24, 2.45) is 10.1 Å². The first-order chi connectivity index (χ1) is 10.3. The quantitative estimate of drug-likeness (QED) is 0.746. The lowest BCUT2D eigenvalue weighted by atomic mass is 9.94. The first kappa shape index (κ1) is 16.7. The van der Waals surface area contributed by atoms with Crippen LogP contribution < -0.4 is 11.1 Å². The Balaban J connectivity index is 2.17. The Bertz CT molecular complexity index is 645. The number of hydrogen-bond donors (Lipinski definition) is 2. The number of carbonyl (C=O) groups excluding carboxylic acids is 1. The van der Waals surface area contributed by atoms with Gasteiger partial charge in [-0.05, 0) is 25.0 Å². The van der Waals surface area contributed by atoms with Crippen molar-refractivity contribution in [3.05, 3.63) is 23.9 Å². The highest BCUT2D eigenvalue weighted by molar-refractivity contribution is 7.90. The summed E-state index contributed by atoms with van der Waals surface area (Å²) >= 11 is 0. The van der Waals surface area contributed by atoms with Gasteiger partial charge in [-0.25, -0.2) is 8.42 Å². The van der Waals surface area contributed by atoms with E-state index in [1.165, 1.54) is 0 Å². The lowest BCUT2D eigenvalue weighted by Crippen LogP contribution is -2.50. The summed E-state index contributed by atoms with van der Waals surface area (Å²) in [6.45, 7) is 4.57. The van der Waals surface area contributed by atoms with E-state index < -0.39 is 15.6 Å². The Kier molecular flexibility index (Phi) is 4.72. The Morgan fingerprint density at radius 3 is 2.77 bits per heavy atom. The van der Waals surface area contributed by atoms with Crippen LogP contribution in [0.15, 0.2) is 28.3 Å². The number of fused-ring (bicyclic) bond motifs is 1. The van der Waals surface area contributed by atoms with Crippen LogP contribution >= 0.6 is 0 Å². The van der Waals surface area contributed by atoms with E-state index in [1.807, 2.05) is 13.8 Å². The Morgan fingerprint density at radius 2 is 2.14 bits per heavy atom. The van der Waals surface area contributed by atoms with Gasteiger partial charge in [0.25, 0.3) is 15.9 Å². The fourth-order valence-electron chi connectivity index (χ4n) is 2.24. The largest absolute Gasteiger partial charge is 0.350 e. The van der Waals surface area contributed by atoms with Gasteiger partial charge in [-0.2, -0.15) is 0 Å².